The number of hydrogen-bond donors (Lipinski definition) is 2. The van der Waals surface area contributed by atoms with Crippen molar-refractivity contribution in [3.05, 3.63) is 57.5 Å². The molecule has 23 heavy (non-hydrogen) atoms. The molecule has 1 aromatic carbocycles. The number of likely N-dealkylation sites (tertiary alicyclic amines) is 1. The van der Waals surface area contributed by atoms with Crippen molar-refractivity contribution in [3.8, 4) is 0 Å². The Morgan fingerprint density at radius 1 is 1.35 bits per heavy atom. The third-order valence-electron chi connectivity index (χ3n) is 4.23. The summed E-state index contributed by atoms with van der Waals surface area (Å²) in [5.74, 6) is 0.512. The lowest BCUT2D eigenvalue weighted by atomic mass is 10.0. The van der Waals surface area contributed by atoms with Crippen LogP contribution in [0.25, 0.3) is 0 Å². The third kappa shape index (κ3) is 3.41. The molecule has 1 aromatic heterocycles. The number of aromatic nitrogens is 2. The normalized spacial score (nSPS) is 17.6. The number of aryl methyl sites for hydroxylation is 1. The van der Waals surface area contributed by atoms with E-state index in [1.807, 2.05) is 31.2 Å². The van der Waals surface area contributed by atoms with Crippen LogP contribution < -0.4 is 10.9 Å². The van der Waals surface area contributed by atoms with E-state index >= 15 is 0 Å². The zero-order valence-corrected chi connectivity index (χ0v) is 13.3. The smallest absolute Gasteiger partial charge is 0.252 e. The van der Waals surface area contributed by atoms with Gasteiger partial charge in [-0.15, -0.1) is 0 Å². The molecule has 2 heterocycles. The first kappa shape index (κ1) is 15.3. The molecule has 0 unspecified atom stereocenters. The van der Waals surface area contributed by atoms with Gasteiger partial charge in [0.2, 0.25) is 11.9 Å². The van der Waals surface area contributed by atoms with Crippen LogP contribution in [0.5, 0.6) is 0 Å². The van der Waals surface area contributed by atoms with Crippen molar-refractivity contribution in [1.29, 1.82) is 0 Å². The number of anilines is 1. The van der Waals surface area contributed by atoms with E-state index in [9.17, 15) is 9.59 Å². The number of likely N-dealkylation sites (N-methyl/N-ethyl adjacent to an activating group) is 1. The van der Waals surface area contributed by atoms with E-state index in [0.29, 0.717) is 31.2 Å². The molecule has 0 spiro atoms. The zero-order chi connectivity index (χ0) is 16.4. The fourth-order valence-electron chi connectivity index (χ4n) is 2.82. The number of amides is 1. The van der Waals surface area contributed by atoms with Crippen LogP contribution in [0.4, 0.5) is 5.95 Å². The van der Waals surface area contributed by atoms with Crippen LogP contribution in [-0.2, 0) is 11.3 Å². The van der Waals surface area contributed by atoms with Gasteiger partial charge < -0.3 is 10.2 Å². The average molecular weight is 312 g/mol. The average Bonchev–Trinajstić information content (AvgIpc) is 2.86. The number of rotatable bonds is 4. The minimum absolute atomic E-state index is 0.0196. The summed E-state index contributed by atoms with van der Waals surface area (Å²) in [5.41, 5.74) is 2.79. The van der Waals surface area contributed by atoms with E-state index in [2.05, 4.69) is 15.3 Å². The number of carbonyl (C=O) groups excluding carboxylic acids is 1. The highest BCUT2D eigenvalue weighted by atomic mass is 16.2. The molecule has 1 amide bonds. The minimum Gasteiger partial charge on any atom is -0.352 e. The summed E-state index contributed by atoms with van der Waals surface area (Å²) in [4.78, 5) is 32.4. The molecule has 0 aliphatic carbocycles. The van der Waals surface area contributed by atoms with Gasteiger partial charge in [-0.2, -0.15) is 0 Å². The largest absolute Gasteiger partial charge is 0.352 e. The van der Waals surface area contributed by atoms with Crippen LogP contribution >= 0.6 is 0 Å². The molecule has 3 rings (SSSR count). The summed E-state index contributed by atoms with van der Waals surface area (Å²) in [6, 6.07) is 9.54. The Bertz CT molecular complexity index is 784. The van der Waals surface area contributed by atoms with Gasteiger partial charge in [0.1, 0.15) is 0 Å². The molecule has 2 aromatic rings. The third-order valence-corrected chi connectivity index (χ3v) is 4.23. The lowest BCUT2D eigenvalue weighted by Gasteiger charge is -2.12. The Morgan fingerprint density at radius 2 is 2.13 bits per heavy atom. The predicted molar refractivity (Wildman–Crippen MR) is 88.4 cm³/mol. The van der Waals surface area contributed by atoms with E-state index in [1.54, 1.807) is 11.9 Å². The summed E-state index contributed by atoms with van der Waals surface area (Å²) in [5, 5.41) is 3.16. The maximum Gasteiger partial charge on any atom is 0.252 e. The molecule has 2 N–H and O–H groups in total. The molecule has 1 aliphatic heterocycles. The molecule has 0 bridgehead atoms. The van der Waals surface area contributed by atoms with Crippen molar-refractivity contribution in [1.82, 2.24) is 14.9 Å². The van der Waals surface area contributed by atoms with E-state index in [4.69, 9.17) is 0 Å². The number of carbonyl (C=O) groups is 1. The van der Waals surface area contributed by atoms with Gasteiger partial charge in [-0.1, -0.05) is 24.3 Å². The van der Waals surface area contributed by atoms with Crippen molar-refractivity contribution >= 4 is 11.9 Å². The van der Waals surface area contributed by atoms with Crippen LogP contribution in [0.2, 0.25) is 0 Å². The Hall–Kier alpha value is -2.63. The molecule has 1 saturated heterocycles. The number of benzene rings is 1. The van der Waals surface area contributed by atoms with Crippen molar-refractivity contribution in [3.63, 3.8) is 0 Å². The Morgan fingerprint density at radius 3 is 2.83 bits per heavy atom. The number of H-pyrrole nitrogens is 1. The standard InChI is InChI=1S/C17H20N4O2/c1-11-5-3-4-6-12(11)9-18-17-19-14(8-15(22)20-17)13-7-16(23)21(2)10-13/h3-6,8,13H,7,9-10H2,1-2H3,(H2,18,19,20,22)/t13-/m1/s1. The molecule has 120 valence electrons. The van der Waals surface area contributed by atoms with E-state index in [-0.39, 0.29) is 17.4 Å². The summed E-state index contributed by atoms with van der Waals surface area (Å²) < 4.78 is 0. The lowest BCUT2D eigenvalue weighted by molar-refractivity contribution is -0.126. The number of hydrogen-bond acceptors (Lipinski definition) is 4. The minimum atomic E-state index is -0.204. The number of nitrogens with one attached hydrogen (secondary N) is 2. The maximum atomic E-state index is 11.9. The molecule has 6 nitrogen and oxygen atoms in total. The van der Waals surface area contributed by atoms with Crippen molar-refractivity contribution in [2.24, 2.45) is 0 Å². The molecular formula is C17H20N4O2. The topological polar surface area (TPSA) is 78.1 Å². The van der Waals surface area contributed by atoms with Crippen LogP contribution in [0, 0.1) is 6.92 Å². The molecule has 6 heteroatoms. The van der Waals surface area contributed by atoms with Gasteiger partial charge in [-0.25, -0.2) is 4.98 Å². The van der Waals surface area contributed by atoms with Gasteiger partial charge in [0.15, 0.2) is 0 Å². The second-order valence-electron chi connectivity index (χ2n) is 5.97. The SMILES string of the molecule is Cc1ccccc1CNc1nc([C@@H]2CC(=O)N(C)C2)cc(=O)[nH]1. The van der Waals surface area contributed by atoms with E-state index < -0.39 is 0 Å². The number of aromatic amines is 1. The Kier molecular flexibility index (Phi) is 4.14. The quantitative estimate of drug-likeness (QED) is 0.899. The second kappa shape index (κ2) is 6.24. The zero-order valence-electron chi connectivity index (χ0n) is 13.3. The summed E-state index contributed by atoms with van der Waals surface area (Å²) in [6.07, 6.45) is 0.407. The highest BCUT2D eigenvalue weighted by Gasteiger charge is 2.29. The van der Waals surface area contributed by atoms with Gasteiger partial charge in [-0.05, 0) is 18.1 Å². The second-order valence-corrected chi connectivity index (χ2v) is 5.97. The summed E-state index contributed by atoms with van der Waals surface area (Å²) >= 11 is 0. The lowest BCUT2D eigenvalue weighted by Crippen LogP contribution is -2.20. The summed E-state index contributed by atoms with van der Waals surface area (Å²) in [6.45, 7) is 3.23. The fraction of sp³-hybridized carbons (Fsp3) is 0.353. The first-order valence-electron chi connectivity index (χ1n) is 7.66. The van der Waals surface area contributed by atoms with Crippen molar-refractivity contribution in [2.75, 3.05) is 18.9 Å². The Balaban J connectivity index is 1.77. The summed E-state index contributed by atoms with van der Waals surface area (Å²) in [7, 11) is 1.77. The van der Waals surface area contributed by atoms with Crippen molar-refractivity contribution < 1.29 is 4.79 Å². The van der Waals surface area contributed by atoms with Crippen LogP contribution in [0.15, 0.2) is 35.1 Å². The monoisotopic (exact) mass is 312 g/mol. The van der Waals surface area contributed by atoms with Gasteiger partial charge >= 0.3 is 0 Å². The molecule has 1 aliphatic rings. The van der Waals surface area contributed by atoms with E-state index in [0.717, 1.165) is 5.56 Å². The van der Waals surface area contributed by atoms with Gasteiger partial charge in [-0.3, -0.25) is 14.6 Å². The highest BCUT2D eigenvalue weighted by molar-refractivity contribution is 5.79. The van der Waals surface area contributed by atoms with Crippen LogP contribution in [0.1, 0.15) is 29.2 Å². The van der Waals surface area contributed by atoms with E-state index in [1.165, 1.54) is 11.6 Å². The molecule has 1 fully saturated rings. The predicted octanol–water partition coefficient (Wildman–Crippen LogP) is 1.64. The van der Waals surface area contributed by atoms with Crippen LogP contribution in [-0.4, -0.2) is 34.4 Å². The fourth-order valence-corrected chi connectivity index (χ4v) is 2.82. The van der Waals surface area contributed by atoms with Gasteiger partial charge in [0, 0.05) is 38.5 Å². The van der Waals surface area contributed by atoms with Crippen molar-refractivity contribution in [2.45, 2.75) is 25.8 Å². The first-order chi connectivity index (χ1) is 11.0. The molecule has 1 atom stereocenters. The molecule has 0 radical (unpaired) electrons. The van der Waals surface area contributed by atoms with Crippen LogP contribution in [0.3, 0.4) is 0 Å². The Labute approximate surface area is 134 Å². The van der Waals surface area contributed by atoms with Gasteiger partial charge in [0.05, 0.1) is 5.69 Å². The first-order valence-corrected chi connectivity index (χ1v) is 7.66. The highest BCUT2D eigenvalue weighted by Crippen LogP contribution is 2.25. The number of nitrogens with zero attached hydrogens (tertiary/aromatic N) is 2. The molecular weight excluding hydrogens is 292 g/mol. The van der Waals surface area contributed by atoms with Gasteiger partial charge in [0.25, 0.3) is 5.56 Å². The maximum absolute atomic E-state index is 11.9. The molecule has 0 saturated carbocycles.